The number of carbonyl (C=O) groups is 2. The molecule has 1 aliphatic heterocycles. The molecule has 0 bridgehead atoms. The Morgan fingerprint density at radius 2 is 2.05 bits per heavy atom. The van der Waals surface area contributed by atoms with Gasteiger partial charge in [-0.3, -0.25) is 9.59 Å². The smallest absolute Gasteiger partial charge is 0.251 e. The predicted molar refractivity (Wildman–Crippen MR) is 70.6 cm³/mol. The van der Waals surface area contributed by atoms with Crippen LogP contribution in [-0.4, -0.2) is 47.6 Å². The van der Waals surface area contributed by atoms with Gasteiger partial charge in [-0.1, -0.05) is 18.2 Å². The van der Waals surface area contributed by atoms with Gasteiger partial charge in [0.2, 0.25) is 5.91 Å². The number of aliphatic hydroxyl groups excluding tert-OH is 1. The minimum Gasteiger partial charge on any atom is -0.394 e. The molecule has 0 saturated carbocycles. The van der Waals surface area contributed by atoms with E-state index < -0.39 is 0 Å². The van der Waals surface area contributed by atoms with E-state index in [2.05, 4.69) is 5.32 Å². The van der Waals surface area contributed by atoms with Gasteiger partial charge in [0.1, 0.15) is 0 Å². The summed E-state index contributed by atoms with van der Waals surface area (Å²) < 4.78 is 0. The van der Waals surface area contributed by atoms with Crippen molar-refractivity contribution >= 4 is 11.8 Å². The number of likely N-dealkylation sites (tertiary alicyclic amines) is 1. The highest BCUT2D eigenvalue weighted by Gasteiger charge is 2.27. The number of hydrogen-bond donors (Lipinski definition) is 2. The second kappa shape index (κ2) is 6.33. The molecule has 2 N–H and O–H groups in total. The summed E-state index contributed by atoms with van der Waals surface area (Å²) in [6.07, 6.45) is 1.73. The highest BCUT2D eigenvalue weighted by molar-refractivity contribution is 5.96. The maximum atomic E-state index is 12.0. The molecule has 102 valence electrons. The van der Waals surface area contributed by atoms with E-state index in [4.69, 9.17) is 5.11 Å². The Kier molecular flexibility index (Phi) is 4.52. The molecular formula is C14H18N2O3. The van der Waals surface area contributed by atoms with Gasteiger partial charge in [0.05, 0.1) is 19.2 Å². The van der Waals surface area contributed by atoms with Crippen LogP contribution in [0.5, 0.6) is 0 Å². The molecule has 0 radical (unpaired) electrons. The van der Waals surface area contributed by atoms with Crippen LogP contribution >= 0.6 is 0 Å². The molecule has 5 nitrogen and oxygen atoms in total. The van der Waals surface area contributed by atoms with Crippen LogP contribution < -0.4 is 5.32 Å². The van der Waals surface area contributed by atoms with E-state index in [1.807, 2.05) is 6.07 Å². The molecule has 19 heavy (non-hydrogen) atoms. The minimum atomic E-state index is -0.256. The summed E-state index contributed by atoms with van der Waals surface area (Å²) in [5, 5.41) is 11.8. The van der Waals surface area contributed by atoms with Crippen molar-refractivity contribution in [2.75, 3.05) is 19.7 Å². The SMILES string of the molecule is O=C(NCC(=O)N1CCCC1CO)c1ccccc1. The molecule has 0 spiro atoms. The van der Waals surface area contributed by atoms with Crippen LogP contribution in [-0.2, 0) is 4.79 Å². The molecule has 1 heterocycles. The van der Waals surface area contributed by atoms with Crippen LogP contribution in [0.3, 0.4) is 0 Å². The van der Waals surface area contributed by atoms with Crippen molar-refractivity contribution in [3.63, 3.8) is 0 Å². The Morgan fingerprint density at radius 1 is 1.32 bits per heavy atom. The molecule has 1 aliphatic rings. The van der Waals surface area contributed by atoms with Gasteiger partial charge in [0, 0.05) is 12.1 Å². The average Bonchev–Trinajstić information content (AvgIpc) is 2.93. The van der Waals surface area contributed by atoms with Crippen LogP contribution in [0, 0.1) is 0 Å². The second-order valence-corrected chi connectivity index (χ2v) is 4.61. The number of nitrogens with one attached hydrogen (secondary N) is 1. The number of rotatable bonds is 4. The molecule has 1 unspecified atom stereocenters. The summed E-state index contributed by atoms with van der Waals surface area (Å²) in [6, 6.07) is 8.69. The Bertz CT molecular complexity index is 447. The van der Waals surface area contributed by atoms with Crippen molar-refractivity contribution in [2.24, 2.45) is 0 Å². The van der Waals surface area contributed by atoms with Gasteiger partial charge in [0.15, 0.2) is 0 Å². The molecule has 0 aromatic heterocycles. The van der Waals surface area contributed by atoms with Crippen molar-refractivity contribution in [3.8, 4) is 0 Å². The van der Waals surface area contributed by atoms with E-state index in [0.29, 0.717) is 12.1 Å². The number of nitrogens with zero attached hydrogens (tertiary/aromatic N) is 1. The second-order valence-electron chi connectivity index (χ2n) is 4.61. The summed E-state index contributed by atoms with van der Waals surface area (Å²) in [4.78, 5) is 25.4. The zero-order valence-corrected chi connectivity index (χ0v) is 10.7. The number of aliphatic hydroxyl groups is 1. The maximum Gasteiger partial charge on any atom is 0.251 e. The average molecular weight is 262 g/mol. The van der Waals surface area contributed by atoms with E-state index in [-0.39, 0.29) is 31.0 Å². The lowest BCUT2D eigenvalue weighted by molar-refractivity contribution is -0.131. The molecule has 2 rings (SSSR count). The molecule has 1 saturated heterocycles. The van der Waals surface area contributed by atoms with Gasteiger partial charge >= 0.3 is 0 Å². The van der Waals surface area contributed by atoms with Gasteiger partial charge in [-0.25, -0.2) is 0 Å². The van der Waals surface area contributed by atoms with E-state index >= 15 is 0 Å². The maximum absolute atomic E-state index is 12.0. The van der Waals surface area contributed by atoms with Gasteiger partial charge in [-0.15, -0.1) is 0 Å². The molecule has 1 fully saturated rings. The first-order valence-corrected chi connectivity index (χ1v) is 6.46. The molecule has 1 atom stereocenters. The van der Waals surface area contributed by atoms with Gasteiger partial charge in [-0.05, 0) is 25.0 Å². The highest BCUT2D eigenvalue weighted by Crippen LogP contribution is 2.16. The fourth-order valence-electron chi connectivity index (χ4n) is 2.30. The van der Waals surface area contributed by atoms with Crippen molar-refractivity contribution in [2.45, 2.75) is 18.9 Å². The van der Waals surface area contributed by atoms with Gasteiger partial charge in [-0.2, -0.15) is 0 Å². The van der Waals surface area contributed by atoms with Crippen LogP contribution in [0.2, 0.25) is 0 Å². The molecule has 1 aromatic rings. The Hall–Kier alpha value is -1.88. The normalized spacial score (nSPS) is 18.4. The topological polar surface area (TPSA) is 69.6 Å². The summed E-state index contributed by atoms with van der Waals surface area (Å²) in [5.41, 5.74) is 0.537. The summed E-state index contributed by atoms with van der Waals surface area (Å²) in [7, 11) is 0. The number of hydrogen-bond acceptors (Lipinski definition) is 3. The third-order valence-electron chi connectivity index (χ3n) is 3.34. The van der Waals surface area contributed by atoms with Crippen LogP contribution in [0.25, 0.3) is 0 Å². The van der Waals surface area contributed by atoms with Crippen molar-refractivity contribution in [1.29, 1.82) is 0 Å². The zero-order chi connectivity index (χ0) is 13.7. The number of carbonyl (C=O) groups excluding carboxylic acids is 2. The minimum absolute atomic E-state index is 0.0155. The van der Waals surface area contributed by atoms with E-state index in [1.165, 1.54) is 0 Å². The largest absolute Gasteiger partial charge is 0.394 e. The lowest BCUT2D eigenvalue weighted by Crippen LogP contribution is -2.43. The quantitative estimate of drug-likeness (QED) is 0.825. The predicted octanol–water partition coefficient (Wildman–Crippen LogP) is 0.400. The van der Waals surface area contributed by atoms with Gasteiger partial charge in [0.25, 0.3) is 5.91 Å². The first-order chi connectivity index (χ1) is 9.22. The van der Waals surface area contributed by atoms with Crippen LogP contribution in [0.4, 0.5) is 0 Å². The Balaban J connectivity index is 1.85. The number of benzene rings is 1. The molecule has 2 amide bonds. The van der Waals surface area contributed by atoms with E-state index in [1.54, 1.807) is 29.2 Å². The lowest BCUT2D eigenvalue weighted by Gasteiger charge is -2.23. The molecule has 0 aliphatic carbocycles. The fraction of sp³-hybridized carbons (Fsp3) is 0.429. The van der Waals surface area contributed by atoms with Crippen LogP contribution in [0.15, 0.2) is 30.3 Å². The zero-order valence-electron chi connectivity index (χ0n) is 10.7. The lowest BCUT2D eigenvalue weighted by atomic mass is 10.2. The highest BCUT2D eigenvalue weighted by atomic mass is 16.3. The van der Waals surface area contributed by atoms with Crippen molar-refractivity contribution in [1.82, 2.24) is 10.2 Å². The molecule has 5 heteroatoms. The number of amides is 2. The van der Waals surface area contributed by atoms with Gasteiger partial charge < -0.3 is 15.3 Å². The standard InChI is InChI=1S/C14H18N2O3/c17-10-12-7-4-8-16(12)13(18)9-15-14(19)11-5-2-1-3-6-11/h1-3,5-6,12,17H,4,7-10H2,(H,15,19). The summed E-state index contributed by atoms with van der Waals surface area (Å²) in [6.45, 7) is 0.619. The summed E-state index contributed by atoms with van der Waals surface area (Å²) in [5.74, 6) is -0.394. The molecular weight excluding hydrogens is 244 g/mol. The molecule has 1 aromatic carbocycles. The van der Waals surface area contributed by atoms with Crippen LogP contribution in [0.1, 0.15) is 23.2 Å². The Labute approximate surface area is 112 Å². The van der Waals surface area contributed by atoms with Crippen molar-refractivity contribution in [3.05, 3.63) is 35.9 Å². The van der Waals surface area contributed by atoms with E-state index in [0.717, 1.165) is 12.8 Å². The fourth-order valence-corrected chi connectivity index (χ4v) is 2.30. The van der Waals surface area contributed by atoms with Crippen molar-refractivity contribution < 1.29 is 14.7 Å². The Morgan fingerprint density at radius 3 is 2.74 bits per heavy atom. The monoisotopic (exact) mass is 262 g/mol. The first-order valence-electron chi connectivity index (χ1n) is 6.46. The third-order valence-corrected chi connectivity index (χ3v) is 3.34. The third kappa shape index (κ3) is 3.32. The van der Waals surface area contributed by atoms with E-state index in [9.17, 15) is 9.59 Å². The first kappa shape index (κ1) is 13.5. The summed E-state index contributed by atoms with van der Waals surface area (Å²) >= 11 is 0.